The topological polar surface area (TPSA) is 51.5 Å². The molecule has 0 saturated heterocycles. The summed E-state index contributed by atoms with van der Waals surface area (Å²) in [7, 11) is 0. The Balaban J connectivity index is 1.51. The molecule has 0 saturated carbocycles. The molecule has 2 heterocycles. The second-order valence-corrected chi connectivity index (χ2v) is 8.99. The second-order valence-electron chi connectivity index (χ2n) is 7.82. The van der Waals surface area contributed by atoms with Gasteiger partial charge in [-0.25, -0.2) is 4.79 Å². The molecule has 0 fully saturated rings. The van der Waals surface area contributed by atoms with Gasteiger partial charge in [0.05, 0.1) is 6.61 Å². The van der Waals surface area contributed by atoms with Crippen molar-refractivity contribution in [1.82, 2.24) is 4.57 Å². The van der Waals surface area contributed by atoms with Crippen LogP contribution in [0.1, 0.15) is 59.1 Å². The quantitative estimate of drug-likeness (QED) is 0.258. The highest BCUT2D eigenvalue weighted by Crippen LogP contribution is 2.23. The van der Waals surface area contributed by atoms with Crippen LogP contribution in [0.2, 0.25) is 0 Å². The van der Waals surface area contributed by atoms with Crippen LogP contribution in [0.3, 0.4) is 0 Å². The van der Waals surface area contributed by atoms with Crippen LogP contribution in [0, 0.1) is 0 Å². The molecule has 0 aliphatic rings. The maximum atomic E-state index is 11.9. The third-order valence-electron chi connectivity index (χ3n) is 5.41. The molecule has 3 aromatic rings. The number of aliphatic hydroxyl groups is 1. The maximum Gasteiger partial charge on any atom is 0.348 e. The zero-order valence-corrected chi connectivity index (χ0v) is 19.2. The van der Waals surface area contributed by atoms with Crippen molar-refractivity contribution in [2.75, 3.05) is 13.2 Å². The zero-order valence-electron chi connectivity index (χ0n) is 18.4. The monoisotopic (exact) mass is 439 g/mol. The third kappa shape index (κ3) is 7.08. The van der Waals surface area contributed by atoms with E-state index in [1.165, 1.54) is 58.7 Å². The van der Waals surface area contributed by atoms with E-state index in [0.717, 1.165) is 25.8 Å². The number of hydrogen-bond acceptors (Lipinski definition) is 4. The summed E-state index contributed by atoms with van der Waals surface area (Å²) < 4.78 is 7.28. The van der Waals surface area contributed by atoms with E-state index in [9.17, 15) is 4.79 Å². The zero-order chi connectivity index (χ0) is 21.9. The van der Waals surface area contributed by atoms with E-state index in [-0.39, 0.29) is 19.2 Å². The molecule has 0 aliphatic carbocycles. The van der Waals surface area contributed by atoms with Gasteiger partial charge < -0.3 is 14.4 Å². The van der Waals surface area contributed by atoms with Gasteiger partial charge in [0.2, 0.25) is 0 Å². The van der Waals surface area contributed by atoms with Gasteiger partial charge in [0, 0.05) is 23.3 Å². The predicted octanol–water partition coefficient (Wildman–Crippen LogP) is 6.12. The number of thiophene rings is 1. The standard InChI is InChI=1S/C26H33NO3S/c1-2-3-4-5-8-21-11-13-22(14-12-21)24-10-7-18-27(24)17-6-9-23-15-16-25(31-23)26(29)30-20-19-28/h7,10-16,18,28H,2-6,8-9,17,19-20H2,1H3. The maximum absolute atomic E-state index is 11.9. The van der Waals surface area contributed by atoms with E-state index in [0.29, 0.717) is 4.88 Å². The Morgan fingerprint density at radius 3 is 2.61 bits per heavy atom. The molecule has 0 aliphatic heterocycles. The Morgan fingerprint density at radius 2 is 1.84 bits per heavy atom. The number of rotatable bonds is 13. The first-order chi connectivity index (χ1) is 15.2. The normalized spacial score (nSPS) is 11.0. The molecule has 1 aromatic carbocycles. The number of aryl methyl sites for hydroxylation is 3. The van der Waals surface area contributed by atoms with E-state index in [4.69, 9.17) is 9.84 Å². The first kappa shape index (κ1) is 23.3. The number of ether oxygens (including phenoxy) is 1. The third-order valence-corrected chi connectivity index (χ3v) is 6.53. The first-order valence-electron chi connectivity index (χ1n) is 11.3. The van der Waals surface area contributed by atoms with Crippen molar-refractivity contribution >= 4 is 17.3 Å². The molecular weight excluding hydrogens is 406 g/mol. The number of carbonyl (C=O) groups is 1. The van der Waals surface area contributed by atoms with Crippen LogP contribution < -0.4 is 0 Å². The van der Waals surface area contributed by atoms with Crippen LogP contribution in [0.25, 0.3) is 11.3 Å². The van der Waals surface area contributed by atoms with Gasteiger partial charge >= 0.3 is 5.97 Å². The Hall–Kier alpha value is -2.37. The lowest BCUT2D eigenvalue weighted by Crippen LogP contribution is -2.06. The smallest absolute Gasteiger partial charge is 0.348 e. The van der Waals surface area contributed by atoms with Crippen LogP contribution in [-0.4, -0.2) is 28.9 Å². The van der Waals surface area contributed by atoms with Gasteiger partial charge in [0.1, 0.15) is 11.5 Å². The summed E-state index contributed by atoms with van der Waals surface area (Å²) in [6, 6.07) is 17.1. The molecule has 0 unspecified atom stereocenters. The van der Waals surface area contributed by atoms with Gasteiger partial charge in [0.15, 0.2) is 0 Å². The second kappa shape index (κ2) is 12.5. The van der Waals surface area contributed by atoms with Crippen LogP contribution in [0.5, 0.6) is 0 Å². The van der Waals surface area contributed by atoms with Gasteiger partial charge in [-0.2, -0.15) is 0 Å². The molecule has 5 heteroatoms. The number of carbonyl (C=O) groups excluding carboxylic acids is 1. The number of hydrogen-bond donors (Lipinski definition) is 1. The molecule has 166 valence electrons. The van der Waals surface area contributed by atoms with Gasteiger partial charge in [-0.1, -0.05) is 50.5 Å². The summed E-state index contributed by atoms with van der Waals surface area (Å²) in [4.78, 5) is 13.6. The number of unbranched alkanes of at least 4 members (excludes halogenated alkanes) is 3. The van der Waals surface area contributed by atoms with E-state index in [2.05, 4.69) is 54.1 Å². The minimum absolute atomic E-state index is 0.0440. The molecule has 0 spiro atoms. The molecule has 1 N–H and O–H groups in total. The Morgan fingerprint density at radius 1 is 1.00 bits per heavy atom. The number of esters is 1. The van der Waals surface area contributed by atoms with E-state index in [1.54, 1.807) is 0 Å². The van der Waals surface area contributed by atoms with Crippen LogP contribution in [-0.2, 0) is 24.1 Å². The summed E-state index contributed by atoms with van der Waals surface area (Å²) in [5, 5.41) is 8.77. The van der Waals surface area contributed by atoms with Crippen LogP contribution >= 0.6 is 11.3 Å². The fraction of sp³-hybridized carbons (Fsp3) is 0.423. The summed E-state index contributed by atoms with van der Waals surface area (Å²) in [6.07, 6.45) is 10.4. The molecule has 31 heavy (non-hydrogen) atoms. The van der Waals surface area contributed by atoms with Crippen molar-refractivity contribution in [3.05, 3.63) is 70.0 Å². The molecule has 0 radical (unpaired) electrons. The van der Waals surface area contributed by atoms with Crippen molar-refractivity contribution in [1.29, 1.82) is 0 Å². The highest BCUT2D eigenvalue weighted by atomic mass is 32.1. The highest BCUT2D eigenvalue weighted by Gasteiger charge is 2.11. The molecule has 3 rings (SSSR count). The summed E-state index contributed by atoms with van der Waals surface area (Å²) >= 11 is 1.47. The first-order valence-corrected chi connectivity index (χ1v) is 12.1. The van der Waals surface area contributed by atoms with E-state index in [1.807, 2.05) is 12.1 Å². The number of aromatic nitrogens is 1. The number of aliphatic hydroxyl groups excluding tert-OH is 1. The van der Waals surface area contributed by atoms with E-state index < -0.39 is 0 Å². The van der Waals surface area contributed by atoms with Crippen molar-refractivity contribution in [3.63, 3.8) is 0 Å². The lowest BCUT2D eigenvalue weighted by molar-refractivity contribution is 0.0439. The Kier molecular flexibility index (Phi) is 9.38. The van der Waals surface area contributed by atoms with Crippen LogP contribution in [0.15, 0.2) is 54.7 Å². The SMILES string of the molecule is CCCCCCc1ccc(-c2cccn2CCCc2ccc(C(=O)OCCO)s2)cc1. The minimum atomic E-state index is -0.355. The van der Waals surface area contributed by atoms with Gasteiger partial charge in [0.25, 0.3) is 0 Å². The summed E-state index contributed by atoms with van der Waals surface area (Å²) in [5.41, 5.74) is 3.92. The Bertz CT molecular complexity index is 926. The van der Waals surface area contributed by atoms with Gasteiger partial charge in [-0.05, 0) is 61.1 Å². The minimum Gasteiger partial charge on any atom is -0.459 e. The van der Waals surface area contributed by atoms with Crippen molar-refractivity contribution in [2.24, 2.45) is 0 Å². The molecule has 0 amide bonds. The van der Waals surface area contributed by atoms with Crippen molar-refractivity contribution in [2.45, 2.75) is 58.4 Å². The fourth-order valence-corrected chi connectivity index (χ4v) is 4.67. The average molecular weight is 440 g/mol. The average Bonchev–Trinajstić information content (AvgIpc) is 3.45. The number of benzene rings is 1. The van der Waals surface area contributed by atoms with Crippen molar-refractivity contribution in [3.8, 4) is 11.3 Å². The fourth-order valence-electron chi connectivity index (χ4n) is 3.72. The lowest BCUT2D eigenvalue weighted by atomic mass is 10.0. The largest absolute Gasteiger partial charge is 0.459 e. The summed E-state index contributed by atoms with van der Waals surface area (Å²) in [5.74, 6) is -0.355. The highest BCUT2D eigenvalue weighted by molar-refractivity contribution is 7.13. The molecule has 4 nitrogen and oxygen atoms in total. The van der Waals surface area contributed by atoms with Gasteiger partial charge in [-0.15, -0.1) is 11.3 Å². The van der Waals surface area contributed by atoms with Crippen LogP contribution in [0.4, 0.5) is 0 Å². The van der Waals surface area contributed by atoms with Crippen molar-refractivity contribution < 1.29 is 14.6 Å². The van der Waals surface area contributed by atoms with E-state index >= 15 is 0 Å². The number of nitrogens with zero attached hydrogens (tertiary/aromatic N) is 1. The predicted molar refractivity (Wildman–Crippen MR) is 128 cm³/mol. The summed E-state index contributed by atoms with van der Waals surface area (Å²) in [6.45, 7) is 3.08. The Labute approximate surface area is 189 Å². The molecule has 2 aromatic heterocycles. The molecule has 0 bridgehead atoms. The molecular formula is C26H33NO3S. The van der Waals surface area contributed by atoms with Gasteiger partial charge in [-0.3, -0.25) is 0 Å². The lowest BCUT2D eigenvalue weighted by Gasteiger charge is -2.10. The molecule has 0 atom stereocenters.